The summed E-state index contributed by atoms with van der Waals surface area (Å²) in [6.45, 7) is 0.177. The van der Waals surface area contributed by atoms with E-state index in [1.165, 1.54) is 0 Å². The zero-order chi connectivity index (χ0) is 23.7. The molecule has 0 saturated carbocycles. The Balaban J connectivity index is 1.81. The van der Waals surface area contributed by atoms with Crippen LogP contribution in [0.4, 0.5) is 0 Å². The molecular formula is C18H32O14. The molecule has 32 heavy (non-hydrogen) atoms. The van der Waals surface area contributed by atoms with Gasteiger partial charge in [0.05, 0.1) is 25.4 Å². The van der Waals surface area contributed by atoms with Gasteiger partial charge in [0.15, 0.2) is 18.9 Å². The van der Waals surface area contributed by atoms with Crippen LogP contribution in [0.5, 0.6) is 0 Å². The van der Waals surface area contributed by atoms with E-state index in [9.17, 15) is 46.0 Å². The molecule has 3 heterocycles. The molecule has 3 fully saturated rings. The van der Waals surface area contributed by atoms with Gasteiger partial charge in [-0.1, -0.05) is 0 Å². The van der Waals surface area contributed by atoms with Crippen molar-refractivity contribution >= 4 is 0 Å². The molecule has 9 N–H and O–H groups in total. The van der Waals surface area contributed by atoms with E-state index in [0.717, 1.165) is 0 Å². The molecule has 0 aromatic heterocycles. The molecule has 3 rings (SSSR count). The molecule has 188 valence electrons. The second-order valence-corrected chi connectivity index (χ2v) is 8.25. The molecule has 0 spiro atoms. The number of rotatable bonds is 6. The van der Waals surface area contributed by atoms with Crippen molar-refractivity contribution in [2.45, 2.75) is 99.4 Å². The Morgan fingerprint density at radius 2 is 1.22 bits per heavy atom. The Morgan fingerprint density at radius 1 is 0.656 bits per heavy atom. The van der Waals surface area contributed by atoms with E-state index >= 15 is 0 Å². The Hall–Kier alpha value is -0.560. The Morgan fingerprint density at radius 3 is 1.84 bits per heavy atom. The lowest BCUT2D eigenvalue weighted by atomic mass is 9.96. The highest BCUT2D eigenvalue weighted by Gasteiger charge is 2.52. The summed E-state index contributed by atoms with van der Waals surface area (Å²) < 4.78 is 27.0. The third-order valence-corrected chi connectivity index (χ3v) is 5.86. The largest absolute Gasteiger partial charge is 0.394 e. The summed E-state index contributed by atoms with van der Waals surface area (Å²) in [6, 6.07) is 0. The lowest BCUT2D eigenvalue weighted by molar-refractivity contribution is -0.382. The molecule has 0 radical (unpaired) electrons. The average molecular weight is 472 g/mol. The topological polar surface area (TPSA) is 228 Å². The van der Waals surface area contributed by atoms with Crippen LogP contribution in [-0.4, -0.2) is 145 Å². The summed E-state index contributed by atoms with van der Waals surface area (Å²) in [4.78, 5) is 0. The molecule has 14 nitrogen and oxygen atoms in total. The number of aliphatic hydroxyl groups excluding tert-OH is 9. The summed E-state index contributed by atoms with van der Waals surface area (Å²) in [6.07, 6.45) is -20.7. The molecule has 0 amide bonds. The molecule has 3 aliphatic rings. The molecule has 0 aromatic rings. The van der Waals surface area contributed by atoms with Gasteiger partial charge in [0.25, 0.3) is 0 Å². The quantitative estimate of drug-likeness (QED) is 0.176. The standard InChI is InChI=1S/C18H32O14/c1-5-2-6(21)9(22)17(28-5)32-15-14(11(24)8(4-20)29-16(15)27)31-18-13(26)12(25)10(23)7(3-19)30-18/h5-27H,2-4H2,1H3/t5-,6+,7+,8+,9-,10-,11-,12-,13+,14-,15+,16?,17-,18+/m0/s1. The van der Waals surface area contributed by atoms with Gasteiger partial charge < -0.3 is 69.6 Å². The second-order valence-electron chi connectivity index (χ2n) is 8.25. The molecule has 14 heteroatoms. The first kappa shape index (κ1) is 26.1. The van der Waals surface area contributed by atoms with Crippen molar-refractivity contribution in [2.75, 3.05) is 13.2 Å². The normalized spacial score (nSPS) is 52.7. The monoisotopic (exact) mass is 472 g/mol. The molecule has 3 saturated heterocycles. The third-order valence-electron chi connectivity index (χ3n) is 5.86. The molecular weight excluding hydrogens is 440 g/mol. The van der Waals surface area contributed by atoms with Crippen molar-refractivity contribution in [3.05, 3.63) is 0 Å². The van der Waals surface area contributed by atoms with Crippen molar-refractivity contribution in [1.82, 2.24) is 0 Å². The van der Waals surface area contributed by atoms with Gasteiger partial charge in [-0.3, -0.25) is 0 Å². The maximum absolute atomic E-state index is 10.6. The zero-order valence-electron chi connectivity index (χ0n) is 17.3. The fraction of sp³-hybridized carbons (Fsp3) is 1.00. The van der Waals surface area contributed by atoms with Crippen LogP contribution in [0.1, 0.15) is 13.3 Å². The number of aliphatic hydroxyl groups is 9. The molecule has 0 aliphatic carbocycles. The van der Waals surface area contributed by atoms with Gasteiger partial charge in [0, 0.05) is 6.42 Å². The van der Waals surface area contributed by atoms with Crippen LogP contribution in [0.15, 0.2) is 0 Å². The maximum Gasteiger partial charge on any atom is 0.187 e. The highest BCUT2D eigenvalue weighted by atomic mass is 16.8. The van der Waals surface area contributed by atoms with Crippen LogP contribution < -0.4 is 0 Å². The van der Waals surface area contributed by atoms with Crippen LogP contribution >= 0.6 is 0 Å². The lowest BCUT2D eigenvalue weighted by Crippen LogP contribution is -2.66. The van der Waals surface area contributed by atoms with Crippen molar-refractivity contribution in [2.24, 2.45) is 0 Å². The van der Waals surface area contributed by atoms with E-state index in [-0.39, 0.29) is 6.42 Å². The molecule has 3 aliphatic heterocycles. The maximum atomic E-state index is 10.6. The lowest BCUT2D eigenvalue weighted by Gasteiger charge is -2.47. The fourth-order valence-corrected chi connectivity index (χ4v) is 3.99. The average Bonchev–Trinajstić information content (AvgIpc) is 2.76. The van der Waals surface area contributed by atoms with Crippen molar-refractivity contribution in [1.29, 1.82) is 0 Å². The van der Waals surface area contributed by atoms with Crippen molar-refractivity contribution < 1.29 is 69.6 Å². The van der Waals surface area contributed by atoms with E-state index in [1.54, 1.807) is 6.92 Å². The van der Waals surface area contributed by atoms with Crippen LogP contribution in [0, 0.1) is 0 Å². The minimum atomic E-state index is -1.81. The summed E-state index contributed by atoms with van der Waals surface area (Å²) in [7, 11) is 0. The fourth-order valence-electron chi connectivity index (χ4n) is 3.99. The summed E-state index contributed by atoms with van der Waals surface area (Å²) in [5.41, 5.74) is 0. The third kappa shape index (κ3) is 5.24. The number of hydrogen-bond donors (Lipinski definition) is 9. The predicted molar refractivity (Wildman–Crippen MR) is 98.5 cm³/mol. The molecule has 0 aromatic carbocycles. The summed E-state index contributed by atoms with van der Waals surface area (Å²) in [5, 5.41) is 90.1. The number of hydrogen-bond acceptors (Lipinski definition) is 14. The Bertz CT molecular complexity index is 594. The van der Waals surface area contributed by atoms with Crippen molar-refractivity contribution in [3.63, 3.8) is 0 Å². The van der Waals surface area contributed by atoms with Gasteiger partial charge in [-0.25, -0.2) is 0 Å². The van der Waals surface area contributed by atoms with E-state index in [1.807, 2.05) is 0 Å². The zero-order valence-corrected chi connectivity index (χ0v) is 17.3. The molecule has 0 bridgehead atoms. The first-order valence-corrected chi connectivity index (χ1v) is 10.3. The van der Waals surface area contributed by atoms with Gasteiger partial charge in [0.1, 0.15) is 54.9 Å². The smallest absolute Gasteiger partial charge is 0.187 e. The van der Waals surface area contributed by atoms with Gasteiger partial charge in [-0.05, 0) is 6.92 Å². The van der Waals surface area contributed by atoms with Crippen LogP contribution in [-0.2, 0) is 23.7 Å². The molecule has 14 atom stereocenters. The SMILES string of the molecule is C[C@H]1C[C@@H](O)[C@H](O)[C@H](O[C@H]2C(O)O[C@H](CO)[C@H](O)[C@@H]2O[C@H]2O[C@H](CO)[C@H](O)[C@H](O)[C@H]2O)O1. The molecule has 1 unspecified atom stereocenters. The first-order valence-electron chi connectivity index (χ1n) is 10.3. The first-order chi connectivity index (χ1) is 15.1. The van der Waals surface area contributed by atoms with Gasteiger partial charge in [-0.15, -0.1) is 0 Å². The predicted octanol–water partition coefficient (Wildman–Crippen LogP) is -5.52. The van der Waals surface area contributed by atoms with Crippen LogP contribution in [0.2, 0.25) is 0 Å². The summed E-state index contributed by atoms with van der Waals surface area (Å²) in [5.74, 6) is 0. The van der Waals surface area contributed by atoms with E-state index in [0.29, 0.717) is 0 Å². The minimum Gasteiger partial charge on any atom is -0.394 e. The highest BCUT2D eigenvalue weighted by Crippen LogP contribution is 2.32. The van der Waals surface area contributed by atoms with E-state index < -0.39 is 99.2 Å². The van der Waals surface area contributed by atoms with Gasteiger partial charge in [0.2, 0.25) is 0 Å². The second kappa shape index (κ2) is 10.8. The van der Waals surface area contributed by atoms with E-state index in [4.69, 9.17) is 23.7 Å². The Labute approximate surface area is 183 Å². The van der Waals surface area contributed by atoms with Crippen LogP contribution in [0.3, 0.4) is 0 Å². The van der Waals surface area contributed by atoms with Gasteiger partial charge in [-0.2, -0.15) is 0 Å². The Kier molecular flexibility index (Phi) is 8.79. The number of ether oxygens (including phenoxy) is 5. The van der Waals surface area contributed by atoms with Crippen molar-refractivity contribution in [3.8, 4) is 0 Å². The van der Waals surface area contributed by atoms with Gasteiger partial charge >= 0.3 is 0 Å². The highest BCUT2D eigenvalue weighted by molar-refractivity contribution is 4.95. The summed E-state index contributed by atoms with van der Waals surface area (Å²) >= 11 is 0. The van der Waals surface area contributed by atoms with E-state index in [2.05, 4.69) is 0 Å². The minimum absolute atomic E-state index is 0.130. The van der Waals surface area contributed by atoms with Crippen LogP contribution in [0.25, 0.3) is 0 Å².